The first-order chi connectivity index (χ1) is 11.0. The first-order valence-electron chi connectivity index (χ1n) is 7.53. The van der Waals surface area contributed by atoms with Gasteiger partial charge in [-0.15, -0.1) is 0 Å². The number of nitrogens with zero attached hydrogens (tertiary/aromatic N) is 1. The third-order valence-corrected chi connectivity index (χ3v) is 6.79. The standard InChI is InChI=1S/C15H18BrNO5S/c16-13-4-3-12(15(18)22-10-11-1-2-11)9-14(13)23(19,20)17-5-7-21-8-6-17/h3-4,9,11H,1-2,5-8,10H2. The van der Waals surface area contributed by atoms with Gasteiger partial charge in [0, 0.05) is 17.6 Å². The third-order valence-electron chi connectivity index (χ3n) is 3.90. The molecule has 0 unspecified atom stereocenters. The van der Waals surface area contributed by atoms with E-state index in [4.69, 9.17) is 9.47 Å². The van der Waals surface area contributed by atoms with E-state index in [-0.39, 0.29) is 10.5 Å². The summed E-state index contributed by atoms with van der Waals surface area (Å²) in [5.74, 6) is -0.0196. The van der Waals surface area contributed by atoms with Crippen molar-refractivity contribution in [2.24, 2.45) is 5.92 Å². The van der Waals surface area contributed by atoms with E-state index in [9.17, 15) is 13.2 Å². The zero-order chi connectivity index (χ0) is 16.4. The van der Waals surface area contributed by atoms with Crippen LogP contribution in [0.3, 0.4) is 0 Å². The number of halogens is 1. The Morgan fingerprint density at radius 1 is 1.30 bits per heavy atom. The number of carbonyl (C=O) groups is 1. The van der Waals surface area contributed by atoms with Crippen molar-refractivity contribution in [3.8, 4) is 0 Å². The first-order valence-corrected chi connectivity index (χ1v) is 9.76. The highest BCUT2D eigenvalue weighted by molar-refractivity contribution is 9.10. The summed E-state index contributed by atoms with van der Waals surface area (Å²) in [5, 5.41) is 0. The first kappa shape index (κ1) is 16.9. The van der Waals surface area contributed by atoms with Gasteiger partial charge >= 0.3 is 5.97 Å². The number of ether oxygens (including phenoxy) is 2. The Bertz CT molecular complexity index is 696. The summed E-state index contributed by atoms with van der Waals surface area (Å²) >= 11 is 3.27. The van der Waals surface area contributed by atoms with Crippen LogP contribution in [0.25, 0.3) is 0 Å². The molecule has 126 valence electrons. The van der Waals surface area contributed by atoms with Gasteiger partial charge in [0.05, 0.1) is 30.3 Å². The molecule has 1 aromatic carbocycles. The molecule has 0 radical (unpaired) electrons. The van der Waals surface area contributed by atoms with Crippen LogP contribution in [0.5, 0.6) is 0 Å². The SMILES string of the molecule is O=C(OCC1CC1)c1ccc(Br)c(S(=O)(=O)N2CCOCC2)c1. The molecule has 3 rings (SSSR count). The number of benzene rings is 1. The van der Waals surface area contributed by atoms with Crippen LogP contribution in [-0.4, -0.2) is 51.6 Å². The largest absolute Gasteiger partial charge is 0.462 e. The van der Waals surface area contributed by atoms with Crippen LogP contribution >= 0.6 is 15.9 Å². The van der Waals surface area contributed by atoms with Gasteiger partial charge in [-0.1, -0.05) is 0 Å². The van der Waals surface area contributed by atoms with Crippen molar-refractivity contribution in [3.05, 3.63) is 28.2 Å². The molecule has 0 N–H and O–H groups in total. The fraction of sp³-hybridized carbons (Fsp3) is 0.533. The minimum absolute atomic E-state index is 0.0836. The zero-order valence-electron chi connectivity index (χ0n) is 12.5. The summed E-state index contributed by atoms with van der Waals surface area (Å²) in [6, 6.07) is 4.52. The van der Waals surface area contributed by atoms with Crippen molar-refractivity contribution >= 4 is 31.9 Å². The minimum Gasteiger partial charge on any atom is -0.462 e. The van der Waals surface area contributed by atoms with Crippen LogP contribution in [-0.2, 0) is 19.5 Å². The number of hydrogen-bond acceptors (Lipinski definition) is 5. The molecular weight excluding hydrogens is 386 g/mol. The molecule has 23 heavy (non-hydrogen) atoms. The number of carbonyl (C=O) groups excluding carboxylic acids is 1. The Labute approximate surface area is 143 Å². The van der Waals surface area contributed by atoms with Gasteiger partial charge in [0.1, 0.15) is 0 Å². The van der Waals surface area contributed by atoms with Gasteiger partial charge in [0.2, 0.25) is 10.0 Å². The van der Waals surface area contributed by atoms with Gasteiger partial charge in [-0.05, 0) is 52.9 Å². The van der Waals surface area contributed by atoms with Crippen molar-refractivity contribution in [1.82, 2.24) is 4.31 Å². The van der Waals surface area contributed by atoms with Crippen LogP contribution < -0.4 is 0 Å². The molecule has 6 nitrogen and oxygen atoms in total. The highest BCUT2D eigenvalue weighted by atomic mass is 79.9. The summed E-state index contributed by atoms with van der Waals surface area (Å²) in [6.07, 6.45) is 2.18. The molecule has 0 aromatic heterocycles. The molecule has 1 aromatic rings. The van der Waals surface area contributed by atoms with Crippen molar-refractivity contribution < 1.29 is 22.7 Å². The molecule has 1 saturated carbocycles. The molecule has 1 aliphatic heterocycles. The fourth-order valence-corrected chi connectivity index (χ4v) is 4.67. The van der Waals surface area contributed by atoms with Gasteiger partial charge in [-0.25, -0.2) is 13.2 Å². The maximum Gasteiger partial charge on any atom is 0.338 e. The highest BCUT2D eigenvalue weighted by Gasteiger charge is 2.29. The molecule has 0 bridgehead atoms. The Morgan fingerprint density at radius 2 is 2.00 bits per heavy atom. The molecule has 0 spiro atoms. The van der Waals surface area contributed by atoms with Gasteiger partial charge in [0.25, 0.3) is 0 Å². The highest BCUT2D eigenvalue weighted by Crippen LogP contribution is 2.30. The molecular formula is C15H18BrNO5S. The maximum absolute atomic E-state index is 12.7. The molecule has 0 amide bonds. The van der Waals surface area contributed by atoms with E-state index < -0.39 is 16.0 Å². The normalized spacial score (nSPS) is 19.5. The fourth-order valence-electron chi connectivity index (χ4n) is 2.32. The van der Waals surface area contributed by atoms with Crippen molar-refractivity contribution in [3.63, 3.8) is 0 Å². The van der Waals surface area contributed by atoms with E-state index >= 15 is 0 Å². The Kier molecular flexibility index (Phi) is 5.05. The molecule has 1 heterocycles. The van der Waals surface area contributed by atoms with E-state index in [0.29, 0.717) is 43.3 Å². The molecule has 8 heteroatoms. The van der Waals surface area contributed by atoms with Crippen molar-refractivity contribution in [2.75, 3.05) is 32.9 Å². The summed E-state index contributed by atoms with van der Waals surface area (Å²) in [7, 11) is -3.67. The van der Waals surface area contributed by atoms with E-state index in [1.165, 1.54) is 10.4 Å². The van der Waals surface area contributed by atoms with Gasteiger partial charge in [0.15, 0.2) is 0 Å². The number of hydrogen-bond donors (Lipinski definition) is 0. The summed E-state index contributed by atoms with van der Waals surface area (Å²) in [4.78, 5) is 12.2. The van der Waals surface area contributed by atoms with Crippen LogP contribution in [0, 0.1) is 5.92 Å². The van der Waals surface area contributed by atoms with E-state index in [1.807, 2.05) is 0 Å². The van der Waals surface area contributed by atoms with Crippen LogP contribution in [0.15, 0.2) is 27.6 Å². The molecule has 2 aliphatic rings. The lowest BCUT2D eigenvalue weighted by atomic mass is 10.2. The van der Waals surface area contributed by atoms with Crippen LogP contribution in [0.4, 0.5) is 0 Å². The average Bonchev–Trinajstić information content (AvgIpc) is 3.38. The second-order valence-corrected chi connectivity index (χ2v) is 8.46. The maximum atomic E-state index is 12.7. The van der Waals surface area contributed by atoms with Crippen molar-refractivity contribution in [2.45, 2.75) is 17.7 Å². The molecule has 0 atom stereocenters. The lowest BCUT2D eigenvalue weighted by Crippen LogP contribution is -2.40. The number of sulfonamides is 1. The molecule has 2 fully saturated rings. The van der Waals surface area contributed by atoms with E-state index in [2.05, 4.69) is 15.9 Å². The van der Waals surface area contributed by atoms with Crippen molar-refractivity contribution in [1.29, 1.82) is 0 Å². The lowest BCUT2D eigenvalue weighted by molar-refractivity contribution is 0.0485. The predicted molar refractivity (Wildman–Crippen MR) is 86.7 cm³/mol. The zero-order valence-corrected chi connectivity index (χ0v) is 14.9. The minimum atomic E-state index is -3.67. The number of rotatable bonds is 5. The number of esters is 1. The average molecular weight is 404 g/mol. The second-order valence-electron chi connectivity index (χ2n) is 5.70. The van der Waals surface area contributed by atoms with Gasteiger partial charge in [-0.2, -0.15) is 4.31 Å². The third kappa shape index (κ3) is 3.93. The Hall–Kier alpha value is -0.960. The van der Waals surface area contributed by atoms with Gasteiger partial charge < -0.3 is 9.47 Å². The van der Waals surface area contributed by atoms with Crippen LogP contribution in [0.2, 0.25) is 0 Å². The van der Waals surface area contributed by atoms with Crippen LogP contribution in [0.1, 0.15) is 23.2 Å². The summed E-state index contributed by atoms with van der Waals surface area (Å²) in [6.45, 7) is 1.77. The Morgan fingerprint density at radius 3 is 2.65 bits per heavy atom. The summed E-state index contributed by atoms with van der Waals surface area (Å²) < 4.78 is 37.7. The smallest absolute Gasteiger partial charge is 0.338 e. The molecule has 1 saturated heterocycles. The van der Waals surface area contributed by atoms with Gasteiger partial charge in [-0.3, -0.25) is 0 Å². The monoisotopic (exact) mass is 403 g/mol. The topological polar surface area (TPSA) is 72.9 Å². The summed E-state index contributed by atoms with van der Waals surface area (Å²) in [5.41, 5.74) is 0.251. The van der Waals surface area contributed by atoms with E-state index in [0.717, 1.165) is 12.8 Å². The number of morpholine rings is 1. The lowest BCUT2D eigenvalue weighted by Gasteiger charge is -2.26. The van der Waals surface area contributed by atoms with E-state index in [1.54, 1.807) is 12.1 Å². The quantitative estimate of drug-likeness (QED) is 0.703. The Balaban J connectivity index is 1.82. The predicted octanol–water partition coefficient (Wildman–Crippen LogP) is 2.04. The second kappa shape index (κ2) is 6.88. The molecule has 1 aliphatic carbocycles.